The molecular formula is C16H16FNO2S. The molecule has 1 aliphatic rings. The van der Waals surface area contributed by atoms with Crippen molar-refractivity contribution in [3.8, 4) is 0 Å². The molecule has 0 amide bonds. The Morgan fingerprint density at radius 1 is 1.10 bits per heavy atom. The molecule has 1 unspecified atom stereocenters. The quantitative estimate of drug-likeness (QED) is 0.944. The van der Waals surface area contributed by atoms with Gasteiger partial charge in [0.2, 0.25) is 0 Å². The molecule has 1 heterocycles. The first-order valence-electron chi connectivity index (χ1n) is 6.86. The molecule has 0 spiro atoms. The first kappa shape index (κ1) is 14.2. The van der Waals surface area contributed by atoms with Crippen molar-refractivity contribution in [3.63, 3.8) is 0 Å². The van der Waals surface area contributed by atoms with E-state index in [2.05, 4.69) is 5.32 Å². The zero-order valence-electron chi connectivity index (χ0n) is 11.4. The summed E-state index contributed by atoms with van der Waals surface area (Å²) in [6.45, 7) is 0.653. The number of rotatable bonds is 4. The minimum atomic E-state index is -3.17. The molecule has 0 bridgehead atoms. The third-order valence-electron chi connectivity index (χ3n) is 3.73. The largest absolute Gasteiger partial charge is 0.309 e. The highest BCUT2D eigenvalue weighted by Gasteiger charge is 2.33. The average molecular weight is 305 g/mol. The van der Waals surface area contributed by atoms with Crippen LogP contribution in [-0.2, 0) is 16.3 Å². The Hall–Kier alpha value is -1.72. The van der Waals surface area contributed by atoms with Gasteiger partial charge in [-0.2, -0.15) is 0 Å². The minimum absolute atomic E-state index is 0.107. The fourth-order valence-electron chi connectivity index (χ4n) is 2.66. The maximum Gasteiger partial charge on any atom is 0.180 e. The lowest BCUT2D eigenvalue weighted by Gasteiger charge is -2.12. The molecule has 2 aromatic rings. The highest BCUT2D eigenvalue weighted by Crippen LogP contribution is 2.32. The molecule has 0 saturated heterocycles. The van der Waals surface area contributed by atoms with Crippen molar-refractivity contribution in [2.75, 3.05) is 12.3 Å². The highest BCUT2D eigenvalue weighted by molar-refractivity contribution is 7.91. The van der Waals surface area contributed by atoms with E-state index in [9.17, 15) is 12.8 Å². The van der Waals surface area contributed by atoms with E-state index in [0.29, 0.717) is 11.4 Å². The monoisotopic (exact) mass is 305 g/mol. The Balaban J connectivity index is 1.66. The van der Waals surface area contributed by atoms with Gasteiger partial charge in [-0.3, -0.25) is 0 Å². The third-order valence-corrected chi connectivity index (χ3v) is 5.55. The normalized spacial score (nSPS) is 19.4. The van der Waals surface area contributed by atoms with Crippen LogP contribution in [0.2, 0.25) is 0 Å². The predicted molar refractivity (Wildman–Crippen MR) is 79.3 cm³/mol. The Labute approximate surface area is 123 Å². The van der Waals surface area contributed by atoms with Gasteiger partial charge in [0, 0.05) is 6.04 Å². The zero-order valence-corrected chi connectivity index (χ0v) is 12.2. The van der Waals surface area contributed by atoms with Gasteiger partial charge in [0.1, 0.15) is 5.82 Å². The van der Waals surface area contributed by atoms with Crippen LogP contribution >= 0.6 is 0 Å². The van der Waals surface area contributed by atoms with Crippen molar-refractivity contribution in [1.82, 2.24) is 5.32 Å². The van der Waals surface area contributed by atoms with Crippen molar-refractivity contribution in [3.05, 3.63) is 65.5 Å². The van der Waals surface area contributed by atoms with Crippen molar-refractivity contribution in [2.45, 2.75) is 17.4 Å². The fraction of sp³-hybridized carbons (Fsp3) is 0.250. The van der Waals surface area contributed by atoms with Crippen molar-refractivity contribution < 1.29 is 12.8 Å². The molecule has 3 rings (SSSR count). The molecule has 0 aliphatic carbocycles. The number of sulfone groups is 1. The topological polar surface area (TPSA) is 46.2 Å². The molecule has 1 aliphatic heterocycles. The molecule has 5 heteroatoms. The maximum absolute atomic E-state index is 12.8. The summed E-state index contributed by atoms with van der Waals surface area (Å²) in [5.74, 6) is -0.141. The Kier molecular flexibility index (Phi) is 3.78. The van der Waals surface area contributed by atoms with Gasteiger partial charge in [-0.15, -0.1) is 0 Å². The molecule has 110 valence electrons. The van der Waals surface area contributed by atoms with Gasteiger partial charge in [0.15, 0.2) is 9.84 Å². The second-order valence-electron chi connectivity index (χ2n) is 5.20. The Morgan fingerprint density at radius 2 is 1.81 bits per heavy atom. The van der Waals surface area contributed by atoms with E-state index >= 15 is 0 Å². The van der Waals surface area contributed by atoms with Crippen LogP contribution in [-0.4, -0.2) is 20.7 Å². The lowest BCUT2D eigenvalue weighted by molar-refractivity contribution is 0.567. The van der Waals surface area contributed by atoms with Crippen LogP contribution in [0.1, 0.15) is 17.2 Å². The SMILES string of the molecule is O=S1(=O)CC(NCCc2ccc(F)cc2)c2ccccc21. The maximum atomic E-state index is 12.8. The van der Waals surface area contributed by atoms with Gasteiger partial charge < -0.3 is 5.32 Å². The minimum Gasteiger partial charge on any atom is -0.309 e. The molecule has 0 radical (unpaired) electrons. The van der Waals surface area contributed by atoms with E-state index in [0.717, 1.165) is 17.5 Å². The molecule has 0 aromatic heterocycles. The van der Waals surface area contributed by atoms with Crippen LogP contribution in [0.5, 0.6) is 0 Å². The van der Waals surface area contributed by atoms with E-state index in [1.165, 1.54) is 12.1 Å². The smallest absolute Gasteiger partial charge is 0.180 e. The van der Waals surface area contributed by atoms with E-state index in [4.69, 9.17) is 0 Å². The standard InChI is InChI=1S/C16H16FNO2S/c17-13-7-5-12(6-8-13)9-10-18-15-11-21(19,20)16-4-2-1-3-14(15)16/h1-8,15,18H,9-11H2. The summed E-state index contributed by atoms with van der Waals surface area (Å²) in [5, 5.41) is 3.28. The summed E-state index contributed by atoms with van der Waals surface area (Å²) in [6, 6.07) is 13.3. The van der Waals surface area contributed by atoms with Crippen molar-refractivity contribution >= 4 is 9.84 Å². The van der Waals surface area contributed by atoms with E-state index in [-0.39, 0.29) is 17.6 Å². The highest BCUT2D eigenvalue weighted by atomic mass is 32.2. The second-order valence-corrected chi connectivity index (χ2v) is 7.21. The van der Waals surface area contributed by atoms with Gasteiger partial charge in [-0.05, 0) is 42.3 Å². The van der Waals surface area contributed by atoms with Crippen LogP contribution < -0.4 is 5.32 Å². The first-order valence-corrected chi connectivity index (χ1v) is 8.51. The molecule has 2 aromatic carbocycles. The number of benzene rings is 2. The number of fused-ring (bicyclic) bond motifs is 1. The summed E-state index contributed by atoms with van der Waals surface area (Å²) in [6.07, 6.45) is 0.735. The number of hydrogen-bond donors (Lipinski definition) is 1. The van der Waals surface area contributed by atoms with Gasteiger partial charge in [-0.25, -0.2) is 12.8 Å². The Morgan fingerprint density at radius 3 is 2.57 bits per heavy atom. The van der Waals surface area contributed by atoms with Gasteiger partial charge >= 0.3 is 0 Å². The number of hydrogen-bond acceptors (Lipinski definition) is 3. The Bertz CT molecular complexity index is 741. The molecule has 1 N–H and O–H groups in total. The van der Waals surface area contributed by atoms with E-state index < -0.39 is 9.84 Å². The van der Waals surface area contributed by atoms with E-state index in [1.54, 1.807) is 24.3 Å². The van der Waals surface area contributed by atoms with Crippen molar-refractivity contribution in [1.29, 1.82) is 0 Å². The molecule has 21 heavy (non-hydrogen) atoms. The number of halogens is 1. The van der Waals surface area contributed by atoms with Crippen LogP contribution in [0.15, 0.2) is 53.4 Å². The van der Waals surface area contributed by atoms with Gasteiger partial charge in [-0.1, -0.05) is 30.3 Å². The van der Waals surface area contributed by atoms with Gasteiger partial charge in [0.25, 0.3) is 0 Å². The number of nitrogens with one attached hydrogen (secondary N) is 1. The second kappa shape index (κ2) is 5.58. The van der Waals surface area contributed by atoms with Gasteiger partial charge in [0.05, 0.1) is 10.6 Å². The summed E-state index contributed by atoms with van der Waals surface area (Å²) in [7, 11) is -3.17. The first-order chi connectivity index (χ1) is 10.1. The molecule has 0 saturated carbocycles. The fourth-order valence-corrected chi connectivity index (χ4v) is 4.43. The van der Waals surface area contributed by atoms with Crippen LogP contribution in [0, 0.1) is 5.82 Å². The molecule has 0 fully saturated rings. The summed E-state index contributed by atoms with van der Waals surface area (Å²) in [5.41, 5.74) is 1.87. The zero-order chi connectivity index (χ0) is 14.9. The average Bonchev–Trinajstić information content (AvgIpc) is 2.73. The summed E-state index contributed by atoms with van der Waals surface area (Å²) >= 11 is 0. The lowest BCUT2D eigenvalue weighted by Crippen LogP contribution is -2.25. The lowest BCUT2D eigenvalue weighted by atomic mass is 10.1. The molecule has 3 nitrogen and oxygen atoms in total. The van der Waals surface area contributed by atoms with Crippen LogP contribution in [0.4, 0.5) is 4.39 Å². The summed E-state index contributed by atoms with van der Waals surface area (Å²) < 4.78 is 36.9. The van der Waals surface area contributed by atoms with Crippen molar-refractivity contribution in [2.24, 2.45) is 0 Å². The predicted octanol–water partition coefficient (Wildman–Crippen LogP) is 2.49. The van der Waals surface area contributed by atoms with Crippen LogP contribution in [0.25, 0.3) is 0 Å². The summed E-state index contributed by atoms with van der Waals surface area (Å²) in [4.78, 5) is 0.435. The molecular weight excluding hydrogens is 289 g/mol. The molecule has 1 atom stereocenters. The third kappa shape index (κ3) is 2.99. The van der Waals surface area contributed by atoms with Crippen LogP contribution in [0.3, 0.4) is 0 Å². The van der Waals surface area contributed by atoms with E-state index in [1.807, 2.05) is 12.1 Å².